The van der Waals surface area contributed by atoms with Crippen LogP contribution in [-0.2, 0) is 20.4 Å². The fourth-order valence-corrected chi connectivity index (χ4v) is 5.89. The number of aryl methyl sites for hydroxylation is 3. The summed E-state index contributed by atoms with van der Waals surface area (Å²) in [5.74, 6) is -0.313. The molecule has 0 atom stereocenters. The molecular weight excluding hydrogens is 362 g/mol. The Kier molecular flexibility index (Phi) is 4.16. The summed E-state index contributed by atoms with van der Waals surface area (Å²) in [5, 5.41) is 0. The van der Waals surface area contributed by atoms with E-state index >= 15 is 0 Å². The van der Waals surface area contributed by atoms with Gasteiger partial charge in [0, 0.05) is 31.5 Å². The lowest BCUT2D eigenvalue weighted by Crippen LogP contribution is -2.45. The number of hydrogen-bond acceptors (Lipinski definition) is 4. The summed E-state index contributed by atoms with van der Waals surface area (Å²) in [4.78, 5) is 12.6. The van der Waals surface area contributed by atoms with Gasteiger partial charge in [-0.05, 0) is 49.6 Å². The van der Waals surface area contributed by atoms with Gasteiger partial charge in [-0.15, -0.1) is 0 Å². The summed E-state index contributed by atoms with van der Waals surface area (Å²) in [6, 6.07) is 11.1. The minimum Gasteiger partial charge on any atom is -0.450 e. The highest BCUT2D eigenvalue weighted by atomic mass is 32.2. The molecule has 2 aromatic carbocycles. The first-order valence-corrected chi connectivity index (χ1v) is 10.6. The molecule has 2 aliphatic heterocycles. The van der Waals surface area contributed by atoms with Gasteiger partial charge in [-0.25, -0.2) is 13.2 Å². The van der Waals surface area contributed by atoms with Crippen molar-refractivity contribution >= 4 is 16.0 Å². The van der Waals surface area contributed by atoms with E-state index in [9.17, 15) is 13.2 Å². The Morgan fingerprint density at radius 1 is 0.963 bits per heavy atom. The maximum absolute atomic E-state index is 13.2. The molecule has 5 nitrogen and oxygen atoms in total. The monoisotopic (exact) mass is 385 g/mol. The first-order chi connectivity index (χ1) is 12.7. The van der Waals surface area contributed by atoms with E-state index in [-0.39, 0.29) is 5.97 Å². The SMILES string of the molecule is Cc1cc(C)c(S(=O)(=O)N2CCC3(CC2)OC(=O)c2ccccc23)cc1C. The first kappa shape index (κ1) is 18.2. The number of benzene rings is 2. The number of hydrogen-bond donors (Lipinski definition) is 0. The van der Waals surface area contributed by atoms with Gasteiger partial charge in [0.05, 0.1) is 10.5 Å². The molecule has 0 saturated carbocycles. The van der Waals surface area contributed by atoms with Crippen LogP contribution in [0.25, 0.3) is 0 Å². The molecule has 1 spiro atoms. The van der Waals surface area contributed by atoms with Crippen molar-refractivity contribution < 1.29 is 17.9 Å². The Morgan fingerprint density at radius 2 is 1.59 bits per heavy atom. The van der Waals surface area contributed by atoms with Crippen LogP contribution in [0.3, 0.4) is 0 Å². The summed E-state index contributed by atoms with van der Waals surface area (Å²) in [5.41, 5.74) is 3.59. The van der Waals surface area contributed by atoms with Crippen molar-refractivity contribution in [3.05, 3.63) is 64.2 Å². The van der Waals surface area contributed by atoms with E-state index < -0.39 is 15.6 Å². The predicted octanol–water partition coefficient (Wildman–Crippen LogP) is 3.46. The quantitative estimate of drug-likeness (QED) is 0.743. The highest BCUT2D eigenvalue weighted by Gasteiger charge is 2.48. The molecule has 6 heteroatoms. The molecule has 4 rings (SSSR count). The molecule has 142 valence electrons. The molecular formula is C21H23NO4S. The largest absolute Gasteiger partial charge is 0.450 e. The van der Waals surface area contributed by atoms with Gasteiger partial charge in [-0.2, -0.15) is 4.31 Å². The molecule has 2 aliphatic rings. The molecule has 2 heterocycles. The molecule has 1 saturated heterocycles. The second-order valence-electron chi connectivity index (χ2n) is 7.54. The number of carbonyl (C=O) groups is 1. The number of ether oxygens (including phenoxy) is 1. The van der Waals surface area contributed by atoms with Crippen LogP contribution in [0, 0.1) is 20.8 Å². The lowest BCUT2D eigenvalue weighted by atomic mass is 9.84. The van der Waals surface area contributed by atoms with Gasteiger partial charge in [0.15, 0.2) is 0 Å². The molecule has 0 N–H and O–H groups in total. The van der Waals surface area contributed by atoms with E-state index in [1.165, 1.54) is 4.31 Å². The fraction of sp³-hybridized carbons (Fsp3) is 0.381. The van der Waals surface area contributed by atoms with Crippen molar-refractivity contribution in [2.24, 2.45) is 0 Å². The maximum Gasteiger partial charge on any atom is 0.339 e. The number of rotatable bonds is 2. The Morgan fingerprint density at radius 3 is 2.30 bits per heavy atom. The molecule has 0 bridgehead atoms. The molecule has 0 unspecified atom stereocenters. The zero-order chi connectivity index (χ0) is 19.4. The molecule has 1 fully saturated rings. The van der Waals surface area contributed by atoms with Crippen LogP contribution in [0.15, 0.2) is 41.3 Å². The number of nitrogens with zero attached hydrogens (tertiary/aromatic N) is 1. The zero-order valence-electron chi connectivity index (χ0n) is 15.8. The van der Waals surface area contributed by atoms with Crippen LogP contribution >= 0.6 is 0 Å². The second-order valence-corrected chi connectivity index (χ2v) is 9.44. The topological polar surface area (TPSA) is 63.7 Å². The van der Waals surface area contributed by atoms with Gasteiger partial charge in [-0.1, -0.05) is 24.3 Å². The highest BCUT2D eigenvalue weighted by molar-refractivity contribution is 7.89. The van der Waals surface area contributed by atoms with Crippen molar-refractivity contribution in [3.8, 4) is 0 Å². The summed E-state index contributed by atoms with van der Waals surface area (Å²) in [6.45, 7) is 6.40. The van der Waals surface area contributed by atoms with E-state index in [1.807, 2.05) is 45.0 Å². The first-order valence-electron chi connectivity index (χ1n) is 9.15. The van der Waals surface area contributed by atoms with Gasteiger partial charge in [0.2, 0.25) is 10.0 Å². The van der Waals surface area contributed by atoms with Crippen molar-refractivity contribution in [2.45, 2.75) is 44.1 Å². The third-order valence-electron chi connectivity index (χ3n) is 5.87. The van der Waals surface area contributed by atoms with Crippen LogP contribution in [-0.4, -0.2) is 31.8 Å². The number of fused-ring (bicyclic) bond motifs is 2. The van der Waals surface area contributed by atoms with Crippen LogP contribution in [0.4, 0.5) is 0 Å². The van der Waals surface area contributed by atoms with Gasteiger partial charge >= 0.3 is 5.97 Å². The number of carbonyl (C=O) groups excluding carboxylic acids is 1. The van der Waals surface area contributed by atoms with E-state index in [0.29, 0.717) is 36.4 Å². The van der Waals surface area contributed by atoms with Crippen LogP contribution in [0.2, 0.25) is 0 Å². The average molecular weight is 385 g/mol. The number of piperidine rings is 1. The van der Waals surface area contributed by atoms with Crippen LogP contribution < -0.4 is 0 Å². The Balaban J connectivity index is 1.62. The van der Waals surface area contributed by atoms with Crippen molar-refractivity contribution in [2.75, 3.05) is 13.1 Å². The Hall–Kier alpha value is -2.18. The van der Waals surface area contributed by atoms with Crippen molar-refractivity contribution in [3.63, 3.8) is 0 Å². The van der Waals surface area contributed by atoms with E-state index in [2.05, 4.69) is 0 Å². The third-order valence-corrected chi connectivity index (χ3v) is 7.91. The minimum atomic E-state index is -3.58. The zero-order valence-corrected chi connectivity index (χ0v) is 16.6. The molecule has 0 aliphatic carbocycles. The fourth-order valence-electron chi connectivity index (χ4n) is 4.16. The Labute approximate surface area is 160 Å². The van der Waals surface area contributed by atoms with E-state index in [1.54, 1.807) is 12.1 Å². The van der Waals surface area contributed by atoms with E-state index in [0.717, 1.165) is 22.3 Å². The summed E-state index contributed by atoms with van der Waals surface area (Å²) in [6.07, 6.45) is 0.942. The number of sulfonamides is 1. The highest BCUT2D eigenvalue weighted by Crippen LogP contribution is 2.44. The normalized spacial score (nSPS) is 19.1. The van der Waals surface area contributed by atoms with Crippen molar-refractivity contribution in [1.82, 2.24) is 4.31 Å². The predicted molar refractivity (Wildman–Crippen MR) is 102 cm³/mol. The summed E-state index contributed by atoms with van der Waals surface area (Å²) in [7, 11) is -3.58. The average Bonchev–Trinajstić information content (AvgIpc) is 2.91. The molecule has 0 radical (unpaired) electrons. The molecule has 27 heavy (non-hydrogen) atoms. The standard InChI is InChI=1S/C21H23NO4S/c1-14-12-16(3)19(13-15(14)2)27(24,25)22-10-8-21(9-11-22)18-7-5-4-6-17(18)20(23)26-21/h4-7,12-13H,8-11H2,1-3H3. The third kappa shape index (κ3) is 2.78. The molecule has 0 amide bonds. The van der Waals surface area contributed by atoms with Gasteiger partial charge in [0.1, 0.15) is 5.60 Å². The second kappa shape index (κ2) is 6.17. The number of esters is 1. The molecule has 2 aromatic rings. The Bertz CT molecular complexity index is 1030. The van der Waals surface area contributed by atoms with Crippen LogP contribution in [0.1, 0.15) is 45.5 Å². The van der Waals surface area contributed by atoms with Gasteiger partial charge in [0.25, 0.3) is 0 Å². The van der Waals surface area contributed by atoms with Gasteiger partial charge in [-0.3, -0.25) is 0 Å². The maximum atomic E-state index is 13.2. The summed E-state index contributed by atoms with van der Waals surface area (Å²) >= 11 is 0. The van der Waals surface area contributed by atoms with Gasteiger partial charge < -0.3 is 4.74 Å². The summed E-state index contributed by atoms with van der Waals surface area (Å²) < 4.78 is 33.6. The van der Waals surface area contributed by atoms with Crippen LogP contribution in [0.5, 0.6) is 0 Å². The lowest BCUT2D eigenvalue weighted by molar-refractivity contribution is -0.0329. The molecule has 0 aromatic heterocycles. The van der Waals surface area contributed by atoms with Crippen molar-refractivity contribution in [1.29, 1.82) is 0 Å². The smallest absolute Gasteiger partial charge is 0.339 e. The minimum absolute atomic E-state index is 0.313. The van der Waals surface area contributed by atoms with E-state index in [4.69, 9.17) is 4.74 Å². The lowest BCUT2D eigenvalue weighted by Gasteiger charge is -2.38.